The molecule has 0 spiro atoms. The van der Waals surface area contributed by atoms with Crippen LogP contribution in [0.1, 0.15) is 71.6 Å². The Morgan fingerprint density at radius 3 is 2.11 bits per heavy atom. The van der Waals surface area contributed by atoms with Gasteiger partial charge < -0.3 is 11.1 Å². The predicted molar refractivity (Wildman–Crippen MR) is 78.8 cm³/mol. The van der Waals surface area contributed by atoms with E-state index in [1.165, 1.54) is 25.7 Å². The van der Waals surface area contributed by atoms with E-state index in [-0.39, 0.29) is 11.0 Å². The van der Waals surface area contributed by atoms with E-state index in [2.05, 4.69) is 19.2 Å². The lowest BCUT2D eigenvalue weighted by Gasteiger charge is -2.36. The van der Waals surface area contributed by atoms with Crippen molar-refractivity contribution in [3.63, 3.8) is 0 Å². The van der Waals surface area contributed by atoms with Gasteiger partial charge in [-0.2, -0.15) is 0 Å². The lowest BCUT2D eigenvalue weighted by Crippen LogP contribution is -2.55. The summed E-state index contributed by atoms with van der Waals surface area (Å²) >= 11 is 0. The van der Waals surface area contributed by atoms with Crippen molar-refractivity contribution in [3.05, 3.63) is 0 Å². The molecule has 0 aromatic heterocycles. The minimum absolute atomic E-state index is 0.0936. The number of rotatable bonds is 5. The molecule has 0 heterocycles. The van der Waals surface area contributed by atoms with Gasteiger partial charge in [-0.15, -0.1) is 0 Å². The van der Waals surface area contributed by atoms with Crippen LogP contribution in [0.2, 0.25) is 0 Å². The van der Waals surface area contributed by atoms with Crippen LogP contribution in [0.15, 0.2) is 0 Å². The van der Waals surface area contributed by atoms with Crippen molar-refractivity contribution in [1.29, 1.82) is 0 Å². The molecule has 3 nitrogen and oxygen atoms in total. The third-order valence-electron chi connectivity index (χ3n) is 5.17. The van der Waals surface area contributed by atoms with Gasteiger partial charge in [-0.1, -0.05) is 39.5 Å². The Balaban J connectivity index is 2.07. The zero-order chi connectivity index (χ0) is 13.9. The summed E-state index contributed by atoms with van der Waals surface area (Å²) in [5.74, 6) is 0.882. The first-order valence-corrected chi connectivity index (χ1v) is 8.05. The molecule has 0 saturated heterocycles. The molecule has 0 radical (unpaired) electrons. The first-order chi connectivity index (χ1) is 9.02. The predicted octanol–water partition coefficient (Wildman–Crippen LogP) is 2.98. The normalized spacial score (nSPS) is 24.8. The Kier molecular flexibility index (Phi) is 4.54. The Hall–Kier alpha value is -0.570. The maximum Gasteiger partial charge on any atom is 0.226 e. The van der Waals surface area contributed by atoms with Crippen LogP contribution < -0.4 is 11.1 Å². The van der Waals surface area contributed by atoms with E-state index in [4.69, 9.17) is 5.73 Å². The maximum atomic E-state index is 12.9. The molecule has 0 aromatic carbocycles. The van der Waals surface area contributed by atoms with E-state index in [9.17, 15) is 4.79 Å². The van der Waals surface area contributed by atoms with E-state index >= 15 is 0 Å². The fourth-order valence-corrected chi connectivity index (χ4v) is 4.16. The summed E-state index contributed by atoms with van der Waals surface area (Å²) in [5, 5.41) is 3.37. The first kappa shape index (κ1) is 14.8. The quantitative estimate of drug-likeness (QED) is 0.803. The molecular weight excluding hydrogens is 236 g/mol. The fourth-order valence-electron chi connectivity index (χ4n) is 4.16. The Morgan fingerprint density at radius 1 is 1.11 bits per heavy atom. The molecule has 1 amide bonds. The summed E-state index contributed by atoms with van der Waals surface area (Å²) in [6, 6.07) is 0. The minimum Gasteiger partial charge on any atom is -0.349 e. The van der Waals surface area contributed by atoms with Crippen molar-refractivity contribution in [2.45, 2.75) is 77.2 Å². The third-order valence-corrected chi connectivity index (χ3v) is 5.17. The molecule has 3 N–H and O–H groups in total. The molecule has 2 saturated carbocycles. The number of hydrogen-bond acceptors (Lipinski definition) is 2. The summed E-state index contributed by atoms with van der Waals surface area (Å²) in [6.45, 7) is 5.04. The molecule has 2 rings (SSSR count). The number of amides is 1. The van der Waals surface area contributed by atoms with E-state index in [0.717, 1.165) is 32.1 Å². The van der Waals surface area contributed by atoms with Gasteiger partial charge >= 0.3 is 0 Å². The van der Waals surface area contributed by atoms with Gasteiger partial charge in [0.05, 0.1) is 5.54 Å². The Labute approximate surface area is 117 Å². The van der Waals surface area contributed by atoms with Crippen molar-refractivity contribution < 1.29 is 4.79 Å². The maximum absolute atomic E-state index is 12.9. The van der Waals surface area contributed by atoms with Gasteiger partial charge in [-0.3, -0.25) is 4.79 Å². The van der Waals surface area contributed by atoms with Crippen LogP contribution in [-0.2, 0) is 4.79 Å². The second kappa shape index (κ2) is 5.82. The van der Waals surface area contributed by atoms with E-state index in [1.54, 1.807) is 0 Å². The molecule has 3 heteroatoms. The Morgan fingerprint density at radius 2 is 1.63 bits per heavy atom. The van der Waals surface area contributed by atoms with E-state index in [1.807, 2.05) is 0 Å². The van der Waals surface area contributed by atoms with Gasteiger partial charge in [-0.25, -0.2) is 0 Å². The van der Waals surface area contributed by atoms with Crippen molar-refractivity contribution in [2.24, 2.45) is 17.1 Å². The molecule has 0 bridgehead atoms. The molecular formula is C16H30N2O. The number of nitrogens with two attached hydrogens (primary N) is 1. The topological polar surface area (TPSA) is 55.1 Å². The highest BCUT2D eigenvalue weighted by Gasteiger charge is 2.44. The molecule has 0 atom stereocenters. The molecule has 0 unspecified atom stereocenters. The molecule has 0 aromatic rings. The summed E-state index contributed by atoms with van der Waals surface area (Å²) in [7, 11) is 0. The van der Waals surface area contributed by atoms with Crippen molar-refractivity contribution in [3.8, 4) is 0 Å². The van der Waals surface area contributed by atoms with Gasteiger partial charge in [0, 0.05) is 12.0 Å². The standard InChI is InChI=1S/C16H30N2O/c1-13(2)11-15(7-3-4-8-15)14(19)18-16(12-17)9-5-6-10-16/h13H,3-12,17H2,1-2H3,(H,18,19). The number of carbonyl (C=O) groups excluding carboxylic acids is 1. The van der Waals surface area contributed by atoms with Gasteiger partial charge in [0.25, 0.3) is 0 Å². The van der Waals surface area contributed by atoms with Crippen LogP contribution in [0.4, 0.5) is 0 Å². The van der Waals surface area contributed by atoms with Gasteiger partial charge in [-0.05, 0) is 38.0 Å². The summed E-state index contributed by atoms with van der Waals surface area (Å²) < 4.78 is 0. The molecule has 19 heavy (non-hydrogen) atoms. The second-order valence-corrected chi connectivity index (χ2v) is 7.23. The van der Waals surface area contributed by atoms with Gasteiger partial charge in [0.2, 0.25) is 5.91 Å². The van der Waals surface area contributed by atoms with Crippen molar-refractivity contribution in [2.75, 3.05) is 6.54 Å². The molecule has 2 fully saturated rings. The lowest BCUT2D eigenvalue weighted by atomic mass is 9.77. The largest absolute Gasteiger partial charge is 0.349 e. The van der Waals surface area contributed by atoms with Gasteiger partial charge in [0.1, 0.15) is 0 Å². The molecule has 110 valence electrons. The molecule has 2 aliphatic rings. The smallest absolute Gasteiger partial charge is 0.226 e. The average Bonchev–Trinajstić information content (AvgIpc) is 2.99. The number of nitrogens with one attached hydrogen (secondary N) is 1. The third kappa shape index (κ3) is 3.13. The van der Waals surface area contributed by atoms with Crippen molar-refractivity contribution >= 4 is 5.91 Å². The zero-order valence-electron chi connectivity index (χ0n) is 12.6. The van der Waals surface area contributed by atoms with E-state index in [0.29, 0.717) is 18.4 Å². The highest BCUT2D eigenvalue weighted by molar-refractivity contribution is 5.83. The summed E-state index contributed by atoms with van der Waals surface area (Å²) in [5.41, 5.74) is 5.75. The highest BCUT2D eigenvalue weighted by atomic mass is 16.2. The van der Waals surface area contributed by atoms with Crippen molar-refractivity contribution in [1.82, 2.24) is 5.32 Å². The number of carbonyl (C=O) groups is 1. The highest BCUT2D eigenvalue weighted by Crippen LogP contribution is 2.44. The summed E-state index contributed by atoms with van der Waals surface area (Å²) in [6.07, 6.45) is 10.1. The van der Waals surface area contributed by atoms with Crippen LogP contribution in [0.3, 0.4) is 0 Å². The fraction of sp³-hybridized carbons (Fsp3) is 0.938. The van der Waals surface area contributed by atoms with E-state index < -0.39 is 0 Å². The molecule has 2 aliphatic carbocycles. The summed E-state index contributed by atoms with van der Waals surface area (Å²) in [4.78, 5) is 12.9. The minimum atomic E-state index is -0.0983. The van der Waals surface area contributed by atoms with Crippen LogP contribution >= 0.6 is 0 Å². The second-order valence-electron chi connectivity index (χ2n) is 7.23. The van der Waals surface area contributed by atoms with Crippen LogP contribution in [0.25, 0.3) is 0 Å². The Bertz CT molecular complexity index is 313. The SMILES string of the molecule is CC(C)CC1(C(=O)NC2(CN)CCCC2)CCCC1. The van der Waals surface area contributed by atoms with Gasteiger partial charge in [0.15, 0.2) is 0 Å². The average molecular weight is 266 g/mol. The first-order valence-electron chi connectivity index (χ1n) is 8.05. The monoisotopic (exact) mass is 266 g/mol. The molecule has 0 aliphatic heterocycles. The zero-order valence-corrected chi connectivity index (χ0v) is 12.6. The van der Waals surface area contributed by atoms with Crippen LogP contribution in [0, 0.1) is 11.3 Å². The van der Waals surface area contributed by atoms with Crippen LogP contribution in [0.5, 0.6) is 0 Å². The number of hydrogen-bond donors (Lipinski definition) is 2. The lowest BCUT2D eigenvalue weighted by molar-refractivity contribution is -0.133. The van der Waals surface area contributed by atoms with Crippen LogP contribution in [-0.4, -0.2) is 18.0 Å².